The zero-order chi connectivity index (χ0) is 25.4. The Kier molecular flexibility index (Phi) is 8.95. The van der Waals surface area contributed by atoms with E-state index in [9.17, 15) is 14.9 Å². The van der Waals surface area contributed by atoms with Gasteiger partial charge in [0.2, 0.25) is 0 Å². The zero-order valence-corrected chi connectivity index (χ0v) is 21.3. The molecule has 1 aromatic heterocycles. The molecule has 0 saturated heterocycles. The molecule has 1 N–H and O–H groups in total. The van der Waals surface area contributed by atoms with Crippen molar-refractivity contribution in [2.45, 2.75) is 52.2 Å². The van der Waals surface area contributed by atoms with E-state index in [0.29, 0.717) is 17.4 Å². The fourth-order valence-electron chi connectivity index (χ4n) is 3.71. The molecule has 3 aromatic rings. The van der Waals surface area contributed by atoms with Gasteiger partial charge in [-0.2, -0.15) is 0 Å². The number of benzene rings is 2. The molecule has 35 heavy (non-hydrogen) atoms. The van der Waals surface area contributed by atoms with Crippen LogP contribution in [0.25, 0.3) is 10.6 Å². The minimum Gasteiger partial charge on any atom is -0.476 e. The molecule has 186 valence electrons. The summed E-state index contributed by atoms with van der Waals surface area (Å²) in [5.74, 6) is 0.206. The van der Waals surface area contributed by atoms with Gasteiger partial charge in [0.25, 0.3) is 0 Å². The highest BCUT2D eigenvalue weighted by Gasteiger charge is 2.31. The fourth-order valence-corrected chi connectivity index (χ4v) is 4.50. The second-order valence-electron chi connectivity index (χ2n) is 8.48. The number of hydrogen-bond acceptors (Lipinski definition) is 8. The first-order valence-corrected chi connectivity index (χ1v) is 12.4. The molecular weight excluding hydrogens is 466 g/mol. The lowest BCUT2D eigenvalue weighted by molar-refractivity contribution is -0.380. The molecule has 0 radical (unpaired) electrons. The van der Waals surface area contributed by atoms with Crippen LogP contribution in [0.1, 0.15) is 51.3 Å². The lowest BCUT2D eigenvalue weighted by Crippen LogP contribution is -2.39. The molecule has 0 bridgehead atoms. The Labute approximate surface area is 209 Å². The van der Waals surface area contributed by atoms with Gasteiger partial charge in [0.05, 0.1) is 11.5 Å². The summed E-state index contributed by atoms with van der Waals surface area (Å²) in [5, 5.41) is 15.3. The van der Waals surface area contributed by atoms with Crippen LogP contribution >= 0.6 is 11.3 Å². The molecular formula is C26H31N3O5S. The van der Waals surface area contributed by atoms with E-state index in [1.54, 1.807) is 20.8 Å². The molecule has 1 atom stereocenters. The SMILES string of the molecule is CCOC(=O)C(C)(C)Oc1ccc(C(CC)NCCc2ccccc2-c2ncc([N+](=O)[O-])s2)cc1. The van der Waals surface area contributed by atoms with E-state index in [1.807, 2.05) is 48.5 Å². The lowest BCUT2D eigenvalue weighted by Gasteiger charge is -2.24. The van der Waals surface area contributed by atoms with Crippen molar-refractivity contribution < 1.29 is 19.2 Å². The predicted octanol–water partition coefficient (Wildman–Crippen LogP) is 5.72. The van der Waals surface area contributed by atoms with Crippen molar-refractivity contribution >= 4 is 22.3 Å². The number of carbonyl (C=O) groups excluding carboxylic acids is 1. The van der Waals surface area contributed by atoms with Crippen molar-refractivity contribution in [2.24, 2.45) is 0 Å². The van der Waals surface area contributed by atoms with Crippen LogP contribution < -0.4 is 10.1 Å². The van der Waals surface area contributed by atoms with Gasteiger partial charge in [-0.15, -0.1) is 0 Å². The topological polar surface area (TPSA) is 104 Å². The van der Waals surface area contributed by atoms with Gasteiger partial charge in [0, 0.05) is 11.6 Å². The summed E-state index contributed by atoms with van der Waals surface area (Å²) in [7, 11) is 0. The predicted molar refractivity (Wildman–Crippen MR) is 137 cm³/mol. The maximum atomic E-state index is 12.1. The van der Waals surface area contributed by atoms with E-state index >= 15 is 0 Å². The highest BCUT2D eigenvalue weighted by molar-refractivity contribution is 7.18. The molecule has 0 aliphatic rings. The van der Waals surface area contributed by atoms with Crippen molar-refractivity contribution in [3.8, 4) is 16.3 Å². The van der Waals surface area contributed by atoms with E-state index in [2.05, 4.69) is 17.2 Å². The molecule has 0 aliphatic heterocycles. The first-order valence-electron chi connectivity index (χ1n) is 11.6. The molecule has 1 heterocycles. The second-order valence-corrected chi connectivity index (χ2v) is 9.49. The fraction of sp³-hybridized carbons (Fsp3) is 0.385. The number of rotatable bonds is 12. The molecule has 2 aromatic carbocycles. The van der Waals surface area contributed by atoms with Crippen molar-refractivity contribution in [3.63, 3.8) is 0 Å². The van der Waals surface area contributed by atoms with Gasteiger partial charge in [0.15, 0.2) is 5.60 Å². The minimum absolute atomic E-state index is 0.0389. The van der Waals surface area contributed by atoms with Crippen molar-refractivity contribution in [1.29, 1.82) is 0 Å². The van der Waals surface area contributed by atoms with Gasteiger partial charge < -0.3 is 14.8 Å². The van der Waals surface area contributed by atoms with Crippen LogP contribution in [0.3, 0.4) is 0 Å². The number of nitro groups is 1. The smallest absolute Gasteiger partial charge is 0.349 e. The molecule has 0 aliphatic carbocycles. The number of nitrogens with one attached hydrogen (secondary N) is 1. The summed E-state index contributed by atoms with van der Waals surface area (Å²) >= 11 is 1.09. The van der Waals surface area contributed by atoms with E-state index in [4.69, 9.17) is 9.47 Å². The minimum atomic E-state index is -1.06. The highest BCUT2D eigenvalue weighted by Crippen LogP contribution is 2.32. The third kappa shape index (κ3) is 6.86. The van der Waals surface area contributed by atoms with Crippen molar-refractivity contribution in [3.05, 3.63) is 76.0 Å². The average Bonchev–Trinajstić information content (AvgIpc) is 3.33. The zero-order valence-electron chi connectivity index (χ0n) is 20.4. The molecule has 3 rings (SSSR count). The van der Waals surface area contributed by atoms with Crippen LogP contribution in [0.15, 0.2) is 54.7 Å². The monoisotopic (exact) mass is 497 g/mol. The van der Waals surface area contributed by atoms with Gasteiger partial charge in [-0.3, -0.25) is 10.1 Å². The third-order valence-corrected chi connectivity index (χ3v) is 6.52. The standard InChI is InChI=1S/C26H31N3O5S/c1-5-22(19-11-13-20(14-12-19)34-26(3,4)25(30)33-6-2)27-16-15-18-9-7-8-10-21(18)24-28-17-23(35-24)29(31)32/h7-14,17,22,27H,5-6,15-16H2,1-4H3. The highest BCUT2D eigenvalue weighted by atomic mass is 32.1. The summed E-state index contributed by atoms with van der Waals surface area (Å²) in [6.45, 7) is 8.31. The van der Waals surface area contributed by atoms with Crippen LogP contribution in [0, 0.1) is 10.1 Å². The quantitative estimate of drug-likeness (QED) is 0.194. The van der Waals surface area contributed by atoms with Gasteiger partial charge in [0.1, 0.15) is 17.0 Å². The Morgan fingerprint density at radius 3 is 2.51 bits per heavy atom. The number of ether oxygens (including phenoxy) is 2. The first-order chi connectivity index (χ1) is 16.7. The Hall–Kier alpha value is -3.30. The number of esters is 1. The Bertz CT molecular complexity index is 1140. The largest absolute Gasteiger partial charge is 0.476 e. The Morgan fingerprint density at radius 1 is 1.17 bits per heavy atom. The Morgan fingerprint density at radius 2 is 1.89 bits per heavy atom. The van der Waals surface area contributed by atoms with Gasteiger partial charge >= 0.3 is 11.0 Å². The molecule has 9 heteroatoms. The second kappa shape index (κ2) is 11.9. The molecule has 0 amide bonds. The van der Waals surface area contributed by atoms with Crippen molar-refractivity contribution in [2.75, 3.05) is 13.2 Å². The molecule has 8 nitrogen and oxygen atoms in total. The summed E-state index contributed by atoms with van der Waals surface area (Å²) in [6, 6.07) is 15.7. The summed E-state index contributed by atoms with van der Waals surface area (Å²) in [5.41, 5.74) is 2.07. The number of nitrogens with zero attached hydrogens (tertiary/aromatic N) is 2. The average molecular weight is 498 g/mol. The molecule has 0 fully saturated rings. The Balaban J connectivity index is 1.62. The first kappa shape index (κ1) is 26.3. The van der Waals surface area contributed by atoms with Gasteiger partial charge in [-0.25, -0.2) is 9.78 Å². The number of carbonyl (C=O) groups is 1. The maximum absolute atomic E-state index is 12.1. The molecule has 0 spiro atoms. The van der Waals surface area contributed by atoms with E-state index in [0.717, 1.165) is 47.4 Å². The van der Waals surface area contributed by atoms with E-state index in [-0.39, 0.29) is 11.0 Å². The summed E-state index contributed by atoms with van der Waals surface area (Å²) in [4.78, 5) is 26.9. The van der Waals surface area contributed by atoms with Crippen molar-refractivity contribution in [1.82, 2.24) is 10.3 Å². The number of hydrogen-bond donors (Lipinski definition) is 1. The van der Waals surface area contributed by atoms with Gasteiger partial charge in [-0.05, 0) is 74.8 Å². The van der Waals surface area contributed by atoms with Crippen LogP contribution in [0.5, 0.6) is 5.75 Å². The normalized spacial score (nSPS) is 12.2. The number of thiazole rings is 1. The van der Waals surface area contributed by atoms with Crippen LogP contribution in [-0.2, 0) is 16.0 Å². The summed E-state index contributed by atoms with van der Waals surface area (Å²) in [6.07, 6.45) is 2.97. The van der Waals surface area contributed by atoms with Crippen LogP contribution in [0.4, 0.5) is 5.00 Å². The number of aromatic nitrogens is 1. The van der Waals surface area contributed by atoms with Gasteiger partial charge in [-0.1, -0.05) is 43.3 Å². The summed E-state index contributed by atoms with van der Waals surface area (Å²) < 4.78 is 10.9. The van der Waals surface area contributed by atoms with Crippen LogP contribution in [0.2, 0.25) is 0 Å². The lowest BCUT2D eigenvalue weighted by atomic mass is 10.0. The molecule has 0 saturated carbocycles. The maximum Gasteiger partial charge on any atom is 0.349 e. The third-order valence-electron chi connectivity index (χ3n) is 5.54. The van der Waals surface area contributed by atoms with E-state index < -0.39 is 16.5 Å². The molecule has 1 unspecified atom stereocenters. The van der Waals surface area contributed by atoms with E-state index in [1.165, 1.54) is 6.20 Å². The van der Waals surface area contributed by atoms with Crippen LogP contribution in [-0.4, -0.2) is 34.6 Å².